The van der Waals surface area contributed by atoms with Gasteiger partial charge in [-0.25, -0.2) is 0 Å². The van der Waals surface area contributed by atoms with E-state index in [9.17, 15) is 0 Å². The Morgan fingerprint density at radius 1 is 1.12 bits per heavy atom. The first-order chi connectivity index (χ1) is 8.36. The lowest BCUT2D eigenvalue weighted by atomic mass is 10.2. The fourth-order valence-electron chi connectivity index (χ4n) is 1.70. The Kier molecular flexibility index (Phi) is 2.38. The second kappa shape index (κ2) is 4.03. The van der Waals surface area contributed by atoms with Crippen molar-refractivity contribution in [2.75, 3.05) is 5.73 Å². The van der Waals surface area contributed by atoms with Gasteiger partial charge in [0.05, 0.1) is 10.6 Å². The first-order valence-electron chi connectivity index (χ1n) is 5.15. The molecule has 1 aromatic carbocycles. The molecule has 0 spiro atoms. The van der Waals surface area contributed by atoms with Crippen LogP contribution in [-0.2, 0) is 0 Å². The summed E-state index contributed by atoms with van der Waals surface area (Å²) in [7, 11) is 0. The molecule has 2 heterocycles. The highest BCUT2D eigenvalue weighted by atomic mass is 32.1. The van der Waals surface area contributed by atoms with E-state index in [-0.39, 0.29) is 0 Å². The molecule has 17 heavy (non-hydrogen) atoms. The largest absolute Gasteiger partial charge is 0.390 e. The fraction of sp³-hybridized carbons (Fsp3) is 0. The molecule has 0 unspecified atom stereocenters. The standard InChI is InChI=1S/C12H10N4S/c13-11-10(6-7-17-11)12-15-14-8-16(12)9-4-2-1-3-5-9/h1-8H,13H2. The van der Waals surface area contributed by atoms with Gasteiger partial charge in [-0.05, 0) is 23.6 Å². The van der Waals surface area contributed by atoms with Gasteiger partial charge in [0, 0.05) is 5.69 Å². The molecule has 84 valence electrons. The van der Waals surface area contributed by atoms with Crippen molar-refractivity contribution in [2.24, 2.45) is 0 Å². The molecule has 0 bridgehead atoms. The van der Waals surface area contributed by atoms with Crippen LogP contribution in [0.1, 0.15) is 0 Å². The van der Waals surface area contributed by atoms with Crippen LogP contribution in [0.5, 0.6) is 0 Å². The minimum atomic E-state index is 0.759. The Morgan fingerprint density at radius 2 is 1.94 bits per heavy atom. The molecule has 0 fully saturated rings. The summed E-state index contributed by atoms with van der Waals surface area (Å²) in [6, 6.07) is 11.9. The number of para-hydroxylation sites is 1. The van der Waals surface area contributed by atoms with Gasteiger partial charge >= 0.3 is 0 Å². The highest BCUT2D eigenvalue weighted by Crippen LogP contribution is 2.30. The lowest BCUT2D eigenvalue weighted by Gasteiger charge is -2.05. The molecule has 0 aliphatic heterocycles. The van der Waals surface area contributed by atoms with Crippen molar-refractivity contribution in [2.45, 2.75) is 0 Å². The van der Waals surface area contributed by atoms with Crippen molar-refractivity contribution in [1.82, 2.24) is 14.8 Å². The smallest absolute Gasteiger partial charge is 0.171 e. The van der Waals surface area contributed by atoms with Crippen LogP contribution in [0.15, 0.2) is 48.1 Å². The van der Waals surface area contributed by atoms with Crippen LogP contribution < -0.4 is 5.73 Å². The van der Waals surface area contributed by atoms with Crippen molar-refractivity contribution in [1.29, 1.82) is 0 Å². The third-order valence-corrected chi connectivity index (χ3v) is 3.26. The van der Waals surface area contributed by atoms with E-state index in [1.807, 2.05) is 46.3 Å². The molecule has 3 aromatic rings. The number of hydrogen-bond acceptors (Lipinski definition) is 4. The van der Waals surface area contributed by atoms with E-state index in [4.69, 9.17) is 5.73 Å². The van der Waals surface area contributed by atoms with Gasteiger partial charge in [0.15, 0.2) is 5.82 Å². The highest BCUT2D eigenvalue weighted by Gasteiger charge is 2.12. The van der Waals surface area contributed by atoms with Gasteiger partial charge in [0.1, 0.15) is 6.33 Å². The minimum absolute atomic E-state index is 0.759. The number of nitrogens with zero attached hydrogens (tertiary/aromatic N) is 3. The van der Waals surface area contributed by atoms with E-state index in [0.29, 0.717) is 0 Å². The van der Waals surface area contributed by atoms with Crippen LogP contribution >= 0.6 is 11.3 Å². The molecule has 0 aliphatic carbocycles. The molecule has 0 amide bonds. The van der Waals surface area contributed by atoms with E-state index in [2.05, 4.69) is 10.2 Å². The van der Waals surface area contributed by atoms with Crippen molar-refractivity contribution in [3.05, 3.63) is 48.1 Å². The van der Waals surface area contributed by atoms with Crippen LogP contribution in [0.2, 0.25) is 0 Å². The molecule has 4 nitrogen and oxygen atoms in total. The number of nitrogens with two attached hydrogens (primary N) is 1. The molecule has 2 N–H and O–H groups in total. The third-order valence-electron chi connectivity index (χ3n) is 2.52. The van der Waals surface area contributed by atoms with E-state index in [0.717, 1.165) is 22.1 Å². The first-order valence-corrected chi connectivity index (χ1v) is 6.03. The van der Waals surface area contributed by atoms with E-state index in [1.165, 1.54) is 11.3 Å². The van der Waals surface area contributed by atoms with Crippen molar-refractivity contribution in [3.63, 3.8) is 0 Å². The fourth-order valence-corrected chi connectivity index (χ4v) is 2.34. The summed E-state index contributed by atoms with van der Waals surface area (Å²) in [5.74, 6) is 0.773. The topological polar surface area (TPSA) is 56.7 Å². The average molecular weight is 242 g/mol. The Balaban J connectivity index is 2.16. The Morgan fingerprint density at radius 3 is 2.65 bits per heavy atom. The van der Waals surface area contributed by atoms with Gasteiger partial charge in [0.2, 0.25) is 0 Å². The summed E-state index contributed by atoms with van der Waals surface area (Å²) in [6.45, 7) is 0. The summed E-state index contributed by atoms with van der Waals surface area (Å²) in [6.07, 6.45) is 1.70. The zero-order chi connectivity index (χ0) is 11.7. The monoisotopic (exact) mass is 242 g/mol. The number of hydrogen-bond donors (Lipinski definition) is 1. The summed E-state index contributed by atoms with van der Waals surface area (Å²) in [5, 5.41) is 10.8. The summed E-state index contributed by atoms with van der Waals surface area (Å²) < 4.78 is 1.93. The predicted molar refractivity (Wildman–Crippen MR) is 69.1 cm³/mol. The van der Waals surface area contributed by atoms with Crippen molar-refractivity contribution >= 4 is 16.3 Å². The predicted octanol–water partition coefficient (Wildman–Crippen LogP) is 2.58. The Hall–Kier alpha value is -2.14. The minimum Gasteiger partial charge on any atom is -0.390 e. The van der Waals surface area contributed by atoms with E-state index in [1.54, 1.807) is 6.33 Å². The second-order valence-corrected chi connectivity index (χ2v) is 4.51. The van der Waals surface area contributed by atoms with Gasteiger partial charge in [-0.1, -0.05) is 18.2 Å². The molecular formula is C12H10N4S. The molecule has 5 heteroatoms. The SMILES string of the molecule is Nc1sccc1-c1nncn1-c1ccccc1. The molecule has 2 aromatic heterocycles. The summed E-state index contributed by atoms with van der Waals surface area (Å²) >= 11 is 1.50. The zero-order valence-electron chi connectivity index (χ0n) is 8.95. The van der Waals surface area contributed by atoms with Crippen LogP contribution in [0.25, 0.3) is 17.1 Å². The molecule has 3 rings (SSSR count). The number of aromatic nitrogens is 3. The van der Waals surface area contributed by atoms with Gasteiger partial charge < -0.3 is 5.73 Å². The zero-order valence-corrected chi connectivity index (χ0v) is 9.76. The number of nitrogen functional groups attached to an aromatic ring is 1. The summed E-state index contributed by atoms with van der Waals surface area (Å²) in [5.41, 5.74) is 7.87. The number of thiophene rings is 1. The van der Waals surface area contributed by atoms with Crippen LogP contribution in [-0.4, -0.2) is 14.8 Å². The number of benzene rings is 1. The summed E-state index contributed by atoms with van der Waals surface area (Å²) in [4.78, 5) is 0. The Labute approximate surface area is 102 Å². The number of anilines is 1. The molecule has 0 atom stereocenters. The highest BCUT2D eigenvalue weighted by molar-refractivity contribution is 7.14. The molecule has 0 saturated carbocycles. The van der Waals surface area contributed by atoms with Gasteiger partial charge in [0.25, 0.3) is 0 Å². The van der Waals surface area contributed by atoms with Crippen molar-refractivity contribution < 1.29 is 0 Å². The molecule has 0 radical (unpaired) electrons. The lowest BCUT2D eigenvalue weighted by Crippen LogP contribution is -1.96. The van der Waals surface area contributed by atoms with Crippen molar-refractivity contribution in [3.8, 4) is 17.1 Å². The maximum Gasteiger partial charge on any atom is 0.171 e. The third kappa shape index (κ3) is 1.70. The lowest BCUT2D eigenvalue weighted by molar-refractivity contribution is 1.06. The van der Waals surface area contributed by atoms with Crippen LogP contribution in [0.4, 0.5) is 5.00 Å². The Bertz CT molecular complexity index is 627. The van der Waals surface area contributed by atoms with Crippen LogP contribution in [0, 0.1) is 0 Å². The second-order valence-electron chi connectivity index (χ2n) is 3.56. The normalized spacial score (nSPS) is 10.6. The van der Waals surface area contributed by atoms with Gasteiger partial charge in [-0.3, -0.25) is 4.57 Å². The molecular weight excluding hydrogens is 232 g/mol. The van der Waals surface area contributed by atoms with E-state index < -0.39 is 0 Å². The maximum atomic E-state index is 5.92. The first kappa shape index (κ1) is 10.0. The van der Waals surface area contributed by atoms with Gasteiger partial charge in [-0.15, -0.1) is 21.5 Å². The average Bonchev–Trinajstić information content (AvgIpc) is 2.98. The maximum absolute atomic E-state index is 5.92. The van der Waals surface area contributed by atoms with Crippen LogP contribution in [0.3, 0.4) is 0 Å². The molecule has 0 aliphatic rings. The number of rotatable bonds is 2. The quantitative estimate of drug-likeness (QED) is 0.751. The molecule has 0 saturated heterocycles. The van der Waals surface area contributed by atoms with Gasteiger partial charge in [-0.2, -0.15) is 0 Å². The van der Waals surface area contributed by atoms with E-state index >= 15 is 0 Å².